The Bertz CT molecular complexity index is 428. The molecule has 2 N–H and O–H groups in total. The first-order valence-electron chi connectivity index (χ1n) is 6.23. The molecule has 1 amide bonds. The number of carbonyl (C=O) groups is 2. The van der Waals surface area contributed by atoms with Crippen LogP contribution in [0.25, 0.3) is 0 Å². The molecule has 1 atom stereocenters. The lowest BCUT2D eigenvalue weighted by Gasteiger charge is -2.12. The van der Waals surface area contributed by atoms with E-state index in [1.54, 1.807) is 31.4 Å². The summed E-state index contributed by atoms with van der Waals surface area (Å²) in [6.45, 7) is 2.06. The fraction of sp³-hybridized carbons (Fsp3) is 0.429. The van der Waals surface area contributed by atoms with E-state index in [1.807, 2.05) is 6.92 Å². The number of hydrogen-bond acceptors (Lipinski definition) is 3. The van der Waals surface area contributed by atoms with Gasteiger partial charge in [-0.2, -0.15) is 0 Å². The number of carboxylic acids is 1. The Hall–Kier alpha value is -2.04. The van der Waals surface area contributed by atoms with Gasteiger partial charge in [0.2, 0.25) is 0 Å². The second kappa shape index (κ2) is 7.41. The molecule has 19 heavy (non-hydrogen) atoms. The standard InChI is InChI=1S/C14H19NO4/c1-3-4-11(14(17)18)9-15-13(16)10-5-7-12(19-2)8-6-10/h5-8,11H,3-4,9H2,1-2H3,(H,15,16)(H,17,18). The number of benzene rings is 1. The van der Waals surface area contributed by atoms with Gasteiger partial charge >= 0.3 is 5.97 Å². The van der Waals surface area contributed by atoms with E-state index in [1.165, 1.54) is 0 Å². The van der Waals surface area contributed by atoms with Crippen molar-refractivity contribution in [2.45, 2.75) is 19.8 Å². The van der Waals surface area contributed by atoms with Crippen molar-refractivity contribution in [2.75, 3.05) is 13.7 Å². The van der Waals surface area contributed by atoms with E-state index in [0.717, 1.165) is 6.42 Å². The van der Waals surface area contributed by atoms with E-state index in [0.29, 0.717) is 17.7 Å². The molecule has 5 heteroatoms. The van der Waals surface area contributed by atoms with Crippen molar-refractivity contribution in [3.63, 3.8) is 0 Å². The predicted molar refractivity (Wildman–Crippen MR) is 71.4 cm³/mol. The molecule has 0 fully saturated rings. The second-order valence-corrected chi connectivity index (χ2v) is 4.26. The summed E-state index contributed by atoms with van der Waals surface area (Å²) in [6, 6.07) is 6.67. The summed E-state index contributed by atoms with van der Waals surface area (Å²) in [5, 5.41) is 11.6. The first-order chi connectivity index (χ1) is 9.08. The number of rotatable bonds is 7. The van der Waals surface area contributed by atoms with E-state index >= 15 is 0 Å². The Balaban J connectivity index is 2.56. The third-order valence-corrected chi connectivity index (χ3v) is 2.85. The van der Waals surface area contributed by atoms with Crippen LogP contribution in [-0.2, 0) is 4.79 Å². The highest BCUT2D eigenvalue weighted by Gasteiger charge is 2.17. The van der Waals surface area contributed by atoms with Gasteiger partial charge in [0.15, 0.2) is 0 Å². The number of methoxy groups -OCH3 is 1. The van der Waals surface area contributed by atoms with E-state index in [2.05, 4.69) is 5.32 Å². The topological polar surface area (TPSA) is 75.6 Å². The Labute approximate surface area is 112 Å². The van der Waals surface area contributed by atoms with Gasteiger partial charge in [-0.15, -0.1) is 0 Å². The fourth-order valence-corrected chi connectivity index (χ4v) is 1.72. The lowest BCUT2D eigenvalue weighted by Crippen LogP contribution is -2.32. The monoisotopic (exact) mass is 265 g/mol. The van der Waals surface area contributed by atoms with Gasteiger partial charge in [-0.25, -0.2) is 0 Å². The number of carboxylic acid groups (broad SMARTS) is 1. The van der Waals surface area contributed by atoms with Gasteiger partial charge in [0, 0.05) is 12.1 Å². The van der Waals surface area contributed by atoms with Crippen LogP contribution in [0.2, 0.25) is 0 Å². The maximum absolute atomic E-state index is 11.8. The van der Waals surface area contributed by atoms with Gasteiger partial charge in [0.05, 0.1) is 13.0 Å². The van der Waals surface area contributed by atoms with Crippen LogP contribution < -0.4 is 10.1 Å². The average Bonchev–Trinajstić information content (AvgIpc) is 2.42. The summed E-state index contributed by atoms with van der Waals surface area (Å²) in [5.74, 6) is -1.01. The van der Waals surface area contributed by atoms with Crippen molar-refractivity contribution < 1.29 is 19.4 Å². The molecule has 0 aliphatic heterocycles. The van der Waals surface area contributed by atoms with Crippen molar-refractivity contribution in [1.29, 1.82) is 0 Å². The van der Waals surface area contributed by atoms with Gasteiger partial charge in [0.1, 0.15) is 5.75 Å². The molecule has 0 saturated heterocycles. The first kappa shape index (κ1) is 15.0. The van der Waals surface area contributed by atoms with Crippen LogP contribution >= 0.6 is 0 Å². The third-order valence-electron chi connectivity index (χ3n) is 2.85. The molecule has 0 aliphatic rings. The van der Waals surface area contributed by atoms with E-state index in [-0.39, 0.29) is 12.5 Å². The van der Waals surface area contributed by atoms with Crippen LogP contribution in [0.1, 0.15) is 30.1 Å². The zero-order chi connectivity index (χ0) is 14.3. The van der Waals surface area contributed by atoms with Crippen LogP contribution in [0.15, 0.2) is 24.3 Å². The molecule has 0 spiro atoms. The molecule has 1 rings (SSSR count). The summed E-state index contributed by atoms with van der Waals surface area (Å²) >= 11 is 0. The van der Waals surface area contributed by atoms with Crippen molar-refractivity contribution >= 4 is 11.9 Å². The summed E-state index contributed by atoms with van der Waals surface area (Å²) in [4.78, 5) is 22.8. The largest absolute Gasteiger partial charge is 0.497 e. The maximum atomic E-state index is 11.8. The van der Waals surface area contributed by atoms with Crippen LogP contribution in [0.3, 0.4) is 0 Å². The Kier molecular flexibility index (Phi) is 5.85. The molecule has 1 aromatic rings. The lowest BCUT2D eigenvalue weighted by atomic mass is 10.0. The molecule has 104 valence electrons. The molecule has 1 unspecified atom stereocenters. The molecular formula is C14H19NO4. The maximum Gasteiger partial charge on any atom is 0.308 e. The van der Waals surface area contributed by atoms with Crippen LogP contribution in [-0.4, -0.2) is 30.6 Å². The summed E-state index contributed by atoms with van der Waals surface area (Å²) in [7, 11) is 1.55. The molecule has 1 aromatic carbocycles. The van der Waals surface area contributed by atoms with Gasteiger partial charge in [-0.05, 0) is 30.7 Å². The highest BCUT2D eigenvalue weighted by atomic mass is 16.5. The van der Waals surface area contributed by atoms with Gasteiger partial charge in [-0.3, -0.25) is 9.59 Å². The van der Waals surface area contributed by atoms with Crippen LogP contribution in [0.4, 0.5) is 0 Å². The Morgan fingerprint density at radius 3 is 2.42 bits per heavy atom. The molecule has 0 radical (unpaired) electrons. The normalized spacial score (nSPS) is 11.7. The molecule has 0 saturated carbocycles. The van der Waals surface area contributed by atoms with Crippen LogP contribution in [0, 0.1) is 5.92 Å². The average molecular weight is 265 g/mol. The van der Waals surface area contributed by atoms with E-state index in [4.69, 9.17) is 9.84 Å². The highest BCUT2D eigenvalue weighted by Crippen LogP contribution is 2.11. The van der Waals surface area contributed by atoms with Crippen LogP contribution in [0.5, 0.6) is 5.75 Å². The minimum Gasteiger partial charge on any atom is -0.497 e. The molecule has 5 nitrogen and oxygen atoms in total. The van der Waals surface area contributed by atoms with Crippen molar-refractivity contribution in [3.05, 3.63) is 29.8 Å². The highest BCUT2D eigenvalue weighted by molar-refractivity contribution is 5.94. The Morgan fingerprint density at radius 2 is 1.95 bits per heavy atom. The van der Waals surface area contributed by atoms with Crippen molar-refractivity contribution in [1.82, 2.24) is 5.32 Å². The third kappa shape index (κ3) is 4.62. The van der Waals surface area contributed by atoms with Crippen molar-refractivity contribution in [3.8, 4) is 5.75 Å². The number of ether oxygens (including phenoxy) is 1. The zero-order valence-corrected chi connectivity index (χ0v) is 11.2. The molecule has 0 aromatic heterocycles. The summed E-state index contributed by atoms with van der Waals surface area (Å²) in [5.41, 5.74) is 0.487. The number of carbonyl (C=O) groups excluding carboxylic acids is 1. The summed E-state index contributed by atoms with van der Waals surface area (Å²) in [6.07, 6.45) is 1.33. The zero-order valence-electron chi connectivity index (χ0n) is 11.2. The Morgan fingerprint density at radius 1 is 1.32 bits per heavy atom. The number of amides is 1. The van der Waals surface area contributed by atoms with E-state index in [9.17, 15) is 9.59 Å². The number of hydrogen-bond donors (Lipinski definition) is 2. The van der Waals surface area contributed by atoms with E-state index < -0.39 is 11.9 Å². The van der Waals surface area contributed by atoms with Gasteiger partial charge in [-0.1, -0.05) is 13.3 Å². The van der Waals surface area contributed by atoms with Gasteiger partial charge < -0.3 is 15.2 Å². The quantitative estimate of drug-likeness (QED) is 0.789. The second-order valence-electron chi connectivity index (χ2n) is 4.26. The molecule has 0 aliphatic carbocycles. The minimum atomic E-state index is -0.878. The predicted octanol–water partition coefficient (Wildman–Crippen LogP) is 1.93. The number of aliphatic carboxylic acids is 1. The number of nitrogens with one attached hydrogen (secondary N) is 1. The van der Waals surface area contributed by atoms with Crippen molar-refractivity contribution in [2.24, 2.45) is 5.92 Å². The summed E-state index contributed by atoms with van der Waals surface area (Å²) < 4.78 is 5.00. The lowest BCUT2D eigenvalue weighted by molar-refractivity contribution is -0.141. The molecular weight excluding hydrogens is 246 g/mol. The minimum absolute atomic E-state index is 0.147. The first-order valence-corrected chi connectivity index (χ1v) is 6.23. The molecule has 0 heterocycles. The smallest absolute Gasteiger partial charge is 0.308 e. The fourth-order valence-electron chi connectivity index (χ4n) is 1.72. The molecule has 0 bridgehead atoms. The van der Waals surface area contributed by atoms with Gasteiger partial charge in [0.25, 0.3) is 5.91 Å². The SMILES string of the molecule is CCCC(CNC(=O)c1ccc(OC)cc1)C(=O)O.